The van der Waals surface area contributed by atoms with Gasteiger partial charge in [0.2, 0.25) is 0 Å². The number of rotatable bonds is 0. The molecule has 32 valence electrons. The summed E-state index contributed by atoms with van der Waals surface area (Å²) in [5.41, 5.74) is 0. The van der Waals surface area contributed by atoms with Gasteiger partial charge < -0.3 is 20.5 Å². The first kappa shape index (κ1) is 23.1. The number of hydrogen-bond donors (Lipinski definition) is 0. The third-order valence-electron chi connectivity index (χ3n) is 0. The van der Waals surface area contributed by atoms with Gasteiger partial charge in [0.05, 0.1) is 0 Å². The third kappa shape index (κ3) is 74.8. The fourth-order valence-electron chi connectivity index (χ4n) is 0. The zero-order valence-electron chi connectivity index (χ0n) is 3.66. The van der Waals surface area contributed by atoms with Gasteiger partial charge in [-0.15, -0.1) is 0 Å². The summed E-state index contributed by atoms with van der Waals surface area (Å²) in [6, 6.07) is 0. The molecule has 0 aliphatic rings. The van der Waals surface area contributed by atoms with Crippen LogP contribution in [-0.4, -0.2) is 73.6 Å². The van der Waals surface area contributed by atoms with E-state index in [-0.39, 0.29) is 66.3 Å². The van der Waals surface area contributed by atoms with E-state index in [1.807, 2.05) is 0 Å². The van der Waals surface area contributed by atoms with E-state index < -0.39 is 7.32 Å². The van der Waals surface area contributed by atoms with Crippen molar-refractivity contribution in [3.8, 4) is 0 Å². The first-order valence-electron chi connectivity index (χ1n) is 0.707. The van der Waals surface area contributed by atoms with Crippen LogP contribution in [0, 0.1) is 0 Å². The van der Waals surface area contributed by atoms with Crippen molar-refractivity contribution >= 4 is 68.1 Å². The van der Waals surface area contributed by atoms with Gasteiger partial charge in [-0.2, -0.15) is 0 Å². The van der Waals surface area contributed by atoms with E-state index in [0.717, 1.165) is 0 Å². The van der Waals surface area contributed by atoms with Crippen molar-refractivity contribution in [3.05, 3.63) is 0 Å². The molecule has 0 unspecified atom stereocenters. The quantitative estimate of drug-likeness (QED) is 0.315. The second kappa shape index (κ2) is 15.7. The second-order valence-corrected chi connectivity index (χ2v) is 0.289. The molecule has 1 N–H and O–H groups in total. The van der Waals surface area contributed by atoms with Crippen LogP contribution in [0.2, 0.25) is 0 Å². The minimum atomic E-state index is -2.92. The Morgan fingerprint density at radius 3 is 1.00 bits per heavy atom. The smallest absolute Gasteiger partial charge is 0.907 e. The maximum Gasteiger partial charge on any atom is 2.00 e. The molecule has 0 rings (SSSR count). The Balaban J connectivity index is -0.0000000150. The van der Waals surface area contributed by atoms with Gasteiger partial charge >= 0.3 is 60.8 Å². The van der Waals surface area contributed by atoms with Crippen molar-refractivity contribution in [1.29, 1.82) is 0 Å². The average Bonchev–Trinajstić information content (AvgIpc) is 0.811. The molecular weight excluding hydrogens is 139 g/mol. The summed E-state index contributed by atoms with van der Waals surface area (Å²) < 4.78 is 0. The standard InChI is InChI=1S/BO3.Ca.Mg.H2O/c2-1(3)4;;;/h;;;1H2/q-3;2*+2;/p-1. The first-order chi connectivity index (χ1) is 1.73. The van der Waals surface area contributed by atoms with Gasteiger partial charge in [-0.1, -0.05) is 0 Å². The van der Waals surface area contributed by atoms with E-state index >= 15 is 0 Å². The van der Waals surface area contributed by atoms with Crippen molar-refractivity contribution in [1.82, 2.24) is 0 Å². The monoisotopic (exact) mass is 140 g/mol. The van der Waals surface area contributed by atoms with E-state index in [2.05, 4.69) is 0 Å². The van der Waals surface area contributed by atoms with Gasteiger partial charge in [0, 0.05) is 0 Å². The van der Waals surface area contributed by atoms with Crippen molar-refractivity contribution in [2.45, 2.75) is 0 Å². The van der Waals surface area contributed by atoms with E-state index in [1.54, 1.807) is 0 Å². The van der Waals surface area contributed by atoms with Gasteiger partial charge in [-0.25, -0.2) is 0 Å². The molecular formula is HBCaMgO4. The van der Waals surface area contributed by atoms with Gasteiger partial charge in [0.1, 0.15) is 0 Å². The van der Waals surface area contributed by atoms with Crippen molar-refractivity contribution in [2.75, 3.05) is 0 Å². The molecule has 0 aromatic carbocycles. The van der Waals surface area contributed by atoms with Gasteiger partial charge in [-0.05, 0) is 0 Å². The van der Waals surface area contributed by atoms with Crippen LogP contribution in [0.25, 0.3) is 0 Å². The summed E-state index contributed by atoms with van der Waals surface area (Å²) in [7, 11) is -2.92. The van der Waals surface area contributed by atoms with Gasteiger partial charge in [0.15, 0.2) is 0 Å². The Morgan fingerprint density at radius 1 is 1.00 bits per heavy atom. The Morgan fingerprint density at radius 2 is 1.00 bits per heavy atom. The Bertz CT molecular complexity index is 16.4. The van der Waals surface area contributed by atoms with Crippen LogP contribution in [0.5, 0.6) is 0 Å². The molecule has 0 aromatic heterocycles. The molecule has 0 saturated carbocycles. The Kier molecular flexibility index (Phi) is 51.7. The van der Waals surface area contributed by atoms with Crippen molar-refractivity contribution in [2.24, 2.45) is 0 Å². The van der Waals surface area contributed by atoms with Crippen LogP contribution in [0.1, 0.15) is 0 Å². The van der Waals surface area contributed by atoms with Crippen LogP contribution >= 0.6 is 0 Å². The van der Waals surface area contributed by atoms with Crippen molar-refractivity contribution < 1.29 is 20.5 Å². The molecule has 0 aliphatic carbocycles. The summed E-state index contributed by atoms with van der Waals surface area (Å²) in [5, 5.41) is 25.2. The average molecular weight is 140 g/mol. The second-order valence-electron chi connectivity index (χ2n) is 0.289. The van der Waals surface area contributed by atoms with Gasteiger partial charge in [-0.3, -0.25) is 7.32 Å². The summed E-state index contributed by atoms with van der Waals surface area (Å²) in [6.07, 6.45) is 0. The normalized spacial score (nSPS) is 3.86. The third-order valence-corrected chi connectivity index (χ3v) is 0. The zero-order chi connectivity index (χ0) is 3.58. The molecule has 4 nitrogen and oxygen atoms in total. The molecule has 0 atom stereocenters. The summed E-state index contributed by atoms with van der Waals surface area (Å²) >= 11 is 0. The molecule has 0 spiro atoms. The van der Waals surface area contributed by atoms with Gasteiger partial charge in [0.25, 0.3) is 0 Å². The maximum atomic E-state index is 8.42. The minimum absolute atomic E-state index is 0. The Hall–Kier alpha value is 1.93. The predicted molar refractivity (Wildman–Crippen MR) is 19.2 cm³/mol. The van der Waals surface area contributed by atoms with Crippen LogP contribution in [0.4, 0.5) is 0 Å². The molecule has 0 heterocycles. The van der Waals surface area contributed by atoms with E-state index in [9.17, 15) is 0 Å². The topological polar surface area (TPSA) is 99.2 Å². The van der Waals surface area contributed by atoms with Crippen LogP contribution in [0.3, 0.4) is 0 Å². The molecule has 7 heteroatoms. The molecule has 0 amide bonds. The summed E-state index contributed by atoms with van der Waals surface area (Å²) in [6.45, 7) is 0. The predicted octanol–water partition coefficient (Wildman–Crippen LogP) is -4.89. The largest absolute Gasteiger partial charge is 2.00 e. The van der Waals surface area contributed by atoms with Crippen LogP contribution < -0.4 is 15.1 Å². The van der Waals surface area contributed by atoms with Crippen LogP contribution in [0.15, 0.2) is 0 Å². The van der Waals surface area contributed by atoms with Crippen molar-refractivity contribution in [3.63, 3.8) is 0 Å². The maximum absolute atomic E-state index is 8.42. The molecule has 7 heavy (non-hydrogen) atoms. The molecule has 0 saturated heterocycles. The molecule has 0 aliphatic heterocycles. The molecule has 0 fully saturated rings. The number of hydrogen-bond acceptors (Lipinski definition) is 4. The molecule has 0 radical (unpaired) electrons. The summed E-state index contributed by atoms with van der Waals surface area (Å²) in [5.74, 6) is 0. The first-order valence-corrected chi connectivity index (χ1v) is 0.707. The summed E-state index contributed by atoms with van der Waals surface area (Å²) in [4.78, 5) is 0. The van der Waals surface area contributed by atoms with E-state index in [0.29, 0.717) is 0 Å². The Labute approximate surface area is 87.6 Å². The zero-order valence-corrected chi connectivity index (χ0v) is 7.29. The minimum Gasteiger partial charge on any atom is -0.907 e. The fourth-order valence-corrected chi connectivity index (χ4v) is 0. The SMILES string of the molecule is [Ca+2].[Mg+2].[O-]B([O-])[O-].[OH-]. The molecule has 0 bridgehead atoms. The van der Waals surface area contributed by atoms with E-state index in [4.69, 9.17) is 15.1 Å². The fraction of sp³-hybridized carbons (Fsp3) is 0. The van der Waals surface area contributed by atoms with E-state index in [1.165, 1.54) is 0 Å². The van der Waals surface area contributed by atoms with Crippen LogP contribution in [-0.2, 0) is 0 Å². The molecule has 0 aromatic rings.